The molecule has 0 aliphatic heterocycles. The Bertz CT molecular complexity index is 534. The predicted molar refractivity (Wildman–Crippen MR) is 64.9 cm³/mol. The van der Waals surface area contributed by atoms with Gasteiger partial charge in [0.15, 0.2) is 5.78 Å². The summed E-state index contributed by atoms with van der Waals surface area (Å²) < 4.78 is 57.5. The lowest BCUT2D eigenvalue weighted by molar-refractivity contribution is -0.0510. The number of Topliss-reactive ketones (excluding diaryl/α,β-unsaturated/α-hetero) is 1. The van der Waals surface area contributed by atoms with Crippen molar-refractivity contribution in [3.05, 3.63) is 29.8 Å². The first-order chi connectivity index (χ1) is 8.99. The van der Waals surface area contributed by atoms with Gasteiger partial charge in [-0.15, -0.1) is 0 Å². The van der Waals surface area contributed by atoms with Crippen LogP contribution >= 0.6 is 0 Å². The average Bonchev–Trinajstić information content (AvgIpc) is 2.28. The molecule has 0 radical (unpaired) electrons. The average molecular weight is 314 g/mol. The van der Waals surface area contributed by atoms with Crippen LogP contribution < -0.4 is 0 Å². The van der Waals surface area contributed by atoms with Crippen molar-refractivity contribution < 1.29 is 36.0 Å². The Morgan fingerprint density at radius 2 is 1.60 bits per heavy atom. The fourth-order valence-corrected chi connectivity index (χ4v) is 1.02. The van der Waals surface area contributed by atoms with Crippen molar-refractivity contribution in [1.29, 1.82) is 0 Å². The molecule has 0 amide bonds. The fraction of sp³-hybridized carbons (Fsp3) is 0.364. The van der Waals surface area contributed by atoms with Crippen molar-refractivity contribution in [3.8, 4) is 5.75 Å². The fourth-order valence-electron chi connectivity index (χ4n) is 1.02. The maximum atomic E-state index is 11.3. The van der Waals surface area contributed by atoms with Crippen LogP contribution in [0.2, 0.25) is 0 Å². The smallest absolute Gasteiger partial charge is 0.508 e. The molecule has 2 N–H and O–H groups in total. The van der Waals surface area contributed by atoms with Gasteiger partial charge in [0.2, 0.25) is 0 Å². The highest BCUT2D eigenvalue weighted by molar-refractivity contribution is 7.86. The molecule has 0 atom stereocenters. The third-order valence-electron chi connectivity index (χ3n) is 1.96. The van der Waals surface area contributed by atoms with Crippen LogP contribution in [0.1, 0.15) is 30.1 Å². The lowest BCUT2D eigenvalue weighted by Crippen LogP contribution is -2.21. The molecule has 0 aromatic heterocycles. The second-order valence-electron chi connectivity index (χ2n) is 3.64. The van der Waals surface area contributed by atoms with E-state index in [1.165, 1.54) is 12.1 Å². The Morgan fingerprint density at radius 1 is 1.20 bits per heavy atom. The molecule has 0 fully saturated rings. The van der Waals surface area contributed by atoms with Crippen LogP contribution in [0.15, 0.2) is 24.3 Å². The lowest BCUT2D eigenvalue weighted by atomic mass is 10.1. The zero-order chi connectivity index (χ0) is 16.0. The van der Waals surface area contributed by atoms with E-state index < -0.39 is 15.6 Å². The molecule has 0 bridgehead atoms. The number of carbonyl (C=O) groups excluding carboxylic acids is 1. The van der Waals surface area contributed by atoms with Gasteiger partial charge in [-0.2, -0.15) is 21.6 Å². The summed E-state index contributed by atoms with van der Waals surface area (Å²) in [6, 6.07) is 6.35. The normalized spacial score (nSPS) is 11.4. The third kappa shape index (κ3) is 6.53. The van der Waals surface area contributed by atoms with E-state index in [0.717, 1.165) is 6.42 Å². The molecule has 0 spiro atoms. The summed E-state index contributed by atoms with van der Waals surface area (Å²) in [6.45, 7) is 1.97. The van der Waals surface area contributed by atoms with Crippen LogP contribution in [-0.4, -0.2) is 29.4 Å². The molecule has 1 aromatic rings. The molecule has 0 heterocycles. The maximum absolute atomic E-state index is 11.3. The number of phenolic OH excluding ortho intramolecular Hbond substituents is 1. The Balaban J connectivity index is 0.000000396. The Kier molecular flexibility index (Phi) is 6.66. The number of hydrogen-bond donors (Lipinski definition) is 2. The van der Waals surface area contributed by atoms with Crippen LogP contribution in [0.4, 0.5) is 13.2 Å². The first-order valence-electron chi connectivity index (χ1n) is 5.35. The minimum absolute atomic E-state index is 0.137. The minimum Gasteiger partial charge on any atom is -0.508 e. The van der Waals surface area contributed by atoms with E-state index >= 15 is 0 Å². The number of ketones is 1. The SMILES string of the molecule is CCCC(=O)c1ccc(O)cc1.O=S(=O)(O)C(F)(F)F. The molecule has 9 heteroatoms. The molecule has 114 valence electrons. The van der Waals surface area contributed by atoms with Gasteiger partial charge in [-0.25, -0.2) is 0 Å². The summed E-state index contributed by atoms with van der Waals surface area (Å²) in [5.74, 6) is 0.334. The highest BCUT2D eigenvalue weighted by Crippen LogP contribution is 2.20. The zero-order valence-electron chi connectivity index (χ0n) is 10.4. The summed E-state index contributed by atoms with van der Waals surface area (Å²) in [5.41, 5.74) is -4.86. The predicted octanol–water partition coefficient (Wildman–Crippen LogP) is 2.77. The topological polar surface area (TPSA) is 91.7 Å². The van der Waals surface area contributed by atoms with Crippen molar-refractivity contribution in [2.75, 3.05) is 0 Å². The quantitative estimate of drug-likeness (QED) is 0.508. The number of carbonyl (C=O) groups is 1. The van der Waals surface area contributed by atoms with Crippen LogP contribution in [-0.2, 0) is 10.1 Å². The Morgan fingerprint density at radius 3 is 1.90 bits per heavy atom. The molecule has 0 unspecified atom stereocenters. The van der Waals surface area contributed by atoms with Gasteiger partial charge in [0.05, 0.1) is 0 Å². The van der Waals surface area contributed by atoms with Gasteiger partial charge in [-0.05, 0) is 30.7 Å². The Labute approximate surface area is 113 Å². The van der Waals surface area contributed by atoms with Crippen LogP contribution in [0.5, 0.6) is 5.75 Å². The van der Waals surface area contributed by atoms with Crippen molar-refractivity contribution in [1.82, 2.24) is 0 Å². The lowest BCUT2D eigenvalue weighted by Gasteiger charge is -1.98. The molecule has 5 nitrogen and oxygen atoms in total. The van der Waals surface area contributed by atoms with Gasteiger partial charge in [-0.1, -0.05) is 6.92 Å². The van der Waals surface area contributed by atoms with E-state index in [0.29, 0.717) is 12.0 Å². The van der Waals surface area contributed by atoms with Gasteiger partial charge in [0.25, 0.3) is 0 Å². The van der Waals surface area contributed by atoms with E-state index in [1.807, 2.05) is 6.92 Å². The summed E-state index contributed by atoms with van der Waals surface area (Å²) in [5, 5.41) is 8.96. The first kappa shape index (κ1) is 18.4. The summed E-state index contributed by atoms with van der Waals surface area (Å²) in [6.07, 6.45) is 1.44. The standard InChI is InChI=1S/C10H12O2.CHF3O3S/c1-2-3-10(12)8-4-6-9(11)7-5-8;2-1(3,4)8(5,6)7/h4-7,11H,2-3H2,1H3;(H,5,6,7). The zero-order valence-corrected chi connectivity index (χ0v) is 11.2. The molecular weight excluding hydrogens is 301 g/mol. The molecule has 0 saturated carbocycles. The van der Waals surface area contributed by atoms with Crippen molar-refractivity contribution in [2.45, 2.75) is 25.3 Å². The number of alkyl halides is 3. The van der Waals surface area contributed by atoms with Gasteiger partial charge >= 0.3 is 15.6 Å². The molecule has 1 aromatic carbocycles. The number of hydrogen-bond acceptors (Lipinski definition) is 4. The summed E-state index contributed by atoms with van der Waals surface area (Å²) in [7, 11) is -5.84. The highest BCUT2D eigenvalue weighted by atomic mass is 32.2. The molecule has 0 saturated heterocycles. The van der Waals surface area contributed by atoms with Crippen molar-refractivity contribution >= 4 is 15.9 Å². The van der Waals surface area contributed by atoms with E-state index in [9.17, 15) is 18.0 Å². The highest BCUT2D eigenvalue weighted by Gasteiger charge is 2.44. The number of phenols is 1. The van der Waals surface area contributed by atoms with E-state index in [2.05, 4.69) is 0 Å². The molecule has 1 rings (SSSR count). The molecule has 20 heavy (non-hydrogen) atoms. The second-order valence-corrected chi connectivity index (χ2v) is 5.05. The van der Waals surface area contributed by atoms with Gasteiger partial charge < -0.3 is 5.11 Å². The summed E-state index contributed by atoms with van der Waals surface area (Å²) >= 11 is 0. The van der Waals surface area contributed by atoms with Gasteiger partial charge in [0.1, 0.15) is 5.75 Å². The van der Waals surface area contributed by atoms with Crippen molar-refractivity contribution in [3.63, 3.8) is 0 Å². The largest absolute Gasteiger partial charge is 0.522 e. The molecule has 0 aliphatic carbocycles. The first-order valence-corrected chi connectivity index (χ1v) is 6.79. The third-order valence-corrected chi connectivity index (χ3v) is 2.54. The Hall–Kier alpha value is -1.61. The summed E-state index contributed by atoms with van der Waals surface area (Å²) in [4.78, 5) is 11.3. The van der Waals surface area contributed by atoms with E-state index in [4.69, 9.17) is 18.1 Å². The molecule has 0 aliphatic rings. The van der Waals surface area contributed by atoms with E-state index in [1.54, 1.807) is 12.1 Å². The van der Waals surface area contributed by atoms with Crippen LogP contribution in [0.3, 0.4) is 0 Å². The minimum atomic E-state index is -5.84. The van der Waals surface area contributed by atoms with Gasteiger partial charge in [0, 0.05) is 12.0 Å². The van der Waals surface area contributed by atoms with E-state index in [-0.39, 0.29) is 11.5 Å². The number of halogens is 3. The van der Waals surface area contributed by atoms with Crippen LogP contribution in [0.25, 0.3) is 0 Å². The number of benzene rings is 1. The second kappa shape index (κ2) is 7.25. The van der Waals surface area contributed by atoms with Gasteiger partial charge in [-0.3, -0.25) is 9.35 Å². The number of aromatic hydroxyl groups is 1. The number of rotatable bonds is 3. The monoisotopic (exact) mass is 314 g/mol. The van der Waals surface area contributed by atoms with Crippen molar-refractivity contribution in [2.24, 2.45) is 0 Å². The maximum Gasteiger partial charge on any atom is 0.522 e. The van der Waals surface area contributed by atoms with Crippen LogP contribution in [0, 0.1) is 0 Å². The molecular formula is C11H13F3O5S.